The van der Waals surface area contributed by atoms with E-state index in [4.69, 9.17) is 0 Å². The summed E-state index contributed by atoms with van der Waals surface area (Å²) < 4.78 is 0. The van der Waals surface area contributed by atoms with E-state index in [9.17, 15) is 4.79 Å². The summed E-state index contributed by atoms with van der Waals surface area (Å²) in [5, 5.41) is 15.2. The van der Waals surface area contributed by atoms with Gasteiger partial charge >= 0.3 is 6.03 Å². The lowest BCUT2D eigenvalue weighted by molar-refractivity contribution is 0.180. The second-order valence-corrected chi connectivity index (χ2v) is 7.20. The fourth-order valence-corrected chi connectivity index (χ4v) is 4.30. The Hall–Kier alpha value is -2.06. The molecule has 8 heteroatoms. The maximum Gasteiger partial charge on any atom is 0.321 e. The Kier molecular flexibility index (Phi) is 4.40. The lowest BCUT2D eigenvalue weighted by atomic mass is 9.99. The van der Waals surface area contributed by atoms with Crippen molar-refractivity contribution in [3.05, 3.63) is 24.4 Å². The predicted octanol–water partition coefficient (Wildman–Crippen LogP) is 2.35. The number of rotatable bonds is 3. The number of fused-ring (bicyclic) bond motifs is 1. The first-order valence-electron chi connectivity index (χ1n) is 8.36. The number of pyridine rings is 1. The third-order valence-corrected chi connectivity index (χ3v) is 5.56. The number of carbonyl (C=O) groups is 1. The van der Waals surface area contributed by atoms with Crippen molar-refractivity contribution in [3.63, 3.8) is 0 Å². The number of anilines is 1. The van der Waals surface area contributed by atoms with Crippen LogP contribution in [0.2, 0.25) is 0 Å². The van der Waals surface area contributed by atoms with Crippen LogP contribution in [0.25, 0.3) is 10.7 Å². The summed E-state index contributed by atoms with van der Waals surface area (Å²) in [6.07, 6.45) is 6.44. The summed E-state index contributed by atoms with van der Waals surface area (Å²) in [4.78, 5) is 19.0. The molecule has 0 radical (unpaired) electrons. The van der Waals surface area contributed by atoms with Gasteiger partial charge in [0, 0.05) is 24.8 Å². The average Bonchev–Trinajstić information content (AvgIpc) is 3.23. The van der Waals surface area contributed by atoms with Crippen LogP contribution in [0.15, 0.2) is 24.4 Å². The maximum atomic E-state index is 12.3. The molecule has 2 unspecified atom stereocenters. The van der Waals surface area contributed by atoms with Crippen molar-refractivity contribution in [2.24, 2.45) is 0 Å². The Morgan fingerprint density at radius 1 is 1.21 bits per heavy atom. The zero-order valence-corrected chi connectivity index (χ0v) is 14.1. The van der Waals surface area contributed by atoms with Gasteiger partial charge in [0.25, 0.3) is 0 Å². The molecule has 4 heterocycles. The molecule has 24 heavy (non-hydrogen) atoms. The van der Waals surface area contributed by atoms with Gasteiger partial charge in [-0.25, -0.2) is 4.79 Å². The number of hydrogen-bond donors (Lipinski definition) is 2. The first-order valence-corrected chi connectivity index (χ1v) is 9.18. The fourth-order valence-electron chi connectivity index (χ4n) is 3.58. The number of nitrogens with zero attached hydrogens (tertiary/aromatic N) is 4. The van der Waals surface area contributed by atoms with Gasteiger partial charge in [0.1, 0.15) is 5.69 Å². The molecule has 2 atom stereocenters. The Morgan fingerprint density at radius 3 is 3.04 bits per heavy atom. The van der Waals surface area contributed by atoms with Crippen LogP contribution in [0, 0.1) is 0 Å². The Bertz CT molecular complexity index is 706. The topological polar surface area (TPSA) is 83.0 Å². The standard InChI is InChI=1S/C16H20N6OS/c23-15(18-11-7-10-22-9-4-2-6-13(11)22)19-16-21-20-14(24-16)12-5-1-3-8-17-12/h1,3,5,8,11,13H,2,4,6-7,9-10H2,(H2,18,19,21,23). The summed E-state index contributed by atoms with van der Waals surface area (Å²) in [7, 11) is 0. The fraction of sp³-hybridized carbons (Fsp3) is 0.500. The van der Waals surface area contributed by atoms with Crippen LogP contribution in [-0.4, -0.2) is 51.3 Å². The predicted molar refractivity (Wildman–Crippen MR) is 92.9 cm³/mol. The Labute approximate surface area is 144 Å². The molecule has 2 fully saturated rings. The highest BCUT2D eigenvalue weighted by Crippen LogP contribution is 2.27. The second kappa shape index (κ2) is 6.82. The highest BCUT2D eigenvalue weighted by atomic mass is 32.1. The summed E-state index contributed by atoms with van der Waals surface area (Å²) in [6, 6.07) is 6.15. The van der Waals surface area contributed by atoms with Gasteiger partial charge in [-0.3, -0.25) is 15.2 Å². The third-order valence-electron chi connectivity index (χ3n) is 4.70. The normalized spacial score (nSPS) is 23.7. The molecule has 0 aromatic carbocycles. The van der Waals surface area contributed by atoms with E-state index in [1.165, 1.54) is 30.6 Å². The van der Waals surface area contributed by atoms with Gasteiger partial charge in [0.05, 0.1) is 0 Å². The zero-order valence-electron chi connectivity index (χ0n) is 13.3. The number of nitrogens with one attached hydrogen (secondary N) is 2. The molecule has 2 saturated heterocycles. The highest BCUT2D eigenvalue weighted by molar-refractivity contribution is 7.18. The van der Waals surface area contributed by atoms with Gasteiger partial charge in [-0.2, -0.15) is 0 Å². The Morgan fingerprint density at radius 2 is 2.17 bits per heavy atom. The summed E-state index contributed by atoms with van der Waals surface area (Å²) in [6.45, 7) is 2.24. The molecular weight excluding hydrogens is 324 g/mol. The summed E-state index contributed by atoms with van der Waals surface area (Å²) in [5.41, 5.74) is 0.761. The molecule has 126 valence electrons. The average molecular weight is 344 g/mol. The van der Waals surface area contributed by atoms with E-state index in [1.807, 2.05) is 18.2 Å². The van der Waals surface area contributed by atoms with Crippen molar-refractivity contribution in [3.8, 4) is 10.7 Å². The number of aromatic nitrogens is 3. The van der Waals surface area contributed by atoms with Crippen molar-refractivity contribution >= 4 is 22.5 Å². The minimum atomic E-state index is -0.198. The third kappa shape index (κ3) is 3.25. The molecule has 2 aromatic heterocycles. The van der Waals surface area contributed by atoms with Crippen LogP contribution in [0.4, 0.5) is 9.93 Å². The zero-order chi connectivity index (χ0) is 16.4. The molecule has 2 aliphatic rings. The molecule has 2 aliphatic heterocycles. The molecule has 2 aromatic rings. The van der Waals surface area contributed by atoms with E-state index >= 15 is 0 Å². The molecule has 0 bridgehead atoms. The number of urea groups is 1. The minimum Gasteiger partial charge on any atom is -0.333 e. The van der Waals surface area contributed by atoms with E-state index in [-0.39, 0.29) is 12.1 Å². The van der Waals surface area contributed by atoms with Crippen LogP contribution in [0.5, 0.6) is 0 Å². The molecule has 7 nitrogen and oxygen atoms in total. The van der Waals surface area contributed by atoms with Gasteiger partial charge in [0.2, 0.25) is 5.13 Å². The Balaban J connectivity index is 1.36. The number of amides is 2. The highest BCUT2D eigenvalue weighted by Gasteiger charge is 2.36. The van der Waals surface area contributed by atoms with Gasteiger partial charge in [-0.05, 0) is 37.9 Å². The smallest absolute Gasteiger partial charge is 0.321 e. The molecule has 0 aliphatic carbocycles. The SMILES string of the molecule is O=C(Nc1nnc(-c2ccccn2)s1)NC1CCN2CCCCC12. The van der Waals surface area contributed by atoms with Crippen molar-refractivity contribution in [2.45, 2.75) is 37.8 Å². The van der Waals surface area contributed by atoms with Crippen LogP contribution >= 0.6 is 11.3 Å². The summed E-state index contributed by atoms with van der Waals surface area (Å²) in [5.74, 6) is 0. The van der Waals surface area contributed by atoms with Crippen LogP contribution in [-0.2, 0) is 0 Å². The van der Waals surface area contributed by atoms with E-state index in [0.717, 1.165) is 25.2 Å². The van der Waals surface area contributed by atoms with Crippen molar-refractivity contribution in [2.75, 3.05) is 18.4 Å². The van der Waals surface area contributed by atoms with Crippen molar-refractivity contribution in [1.82, 2.24) is 25.4 Å². The quantitative estimate of drug-likeness (QED) is 0.893. The van der Waals surface area contributed by atoms with Gasteiger partial charge < -0.3 is 5.32 Å². The molecule has 0 spiro atoms. The van der Waals surface area contributed by atoms with Crippen LogP contribution < -0.4 is 10.6 Å². The first-order chi connectivity index (χ1) is 11.8. The van der Waals surface area contributed by atoms with Crippen LogP contribution in [0.3, 0.4) is 0 Å². The van der Waals surface area contributed by atoms with Crippen molar-refractivity contribution in [1.29, 1.82) is 0 Å². The van der Waals surface area contributed by atoms with Gasteiger partial charge in [-0.15, -0.1) is 10.2 Å². The minimum absolute atomic E-state index is 0.198. The molecule has 2 N–H and O–H groups in total. The summed E-state index contributed by atoms with van der Waals surface area (Å²) >= 11 is 1.33. The molecule has 4 rings (SSSR count). The number of hydrogen-bond acceptors (Lipinski definition) is 6. The number of carbonyl (C=O) groups excluding carboxylic acids is 1. The lowest BCUT2D eigenvalue weighted by Gasteiger charge is -2.32. The second-order valence-electron chi connectivity index (χ2n) is 6.22. The van der Waals surface area contributed by atoms with E-state index in [0.29, 0.717) is 16.2 Å². The van der Waals surface area contributed by atoms with E-state index < -0.39 is 0 Å². The monoisotopic (exact) mass is 344 g/mol. The van der Waals surface area contributed by atoms with Gasteiger partial charge in [-0.1, -0.05) is 23.8 Å². The van der Waals surface area contributed by atoms with Gasteiger partial charge in [0.15, 0.2) is 5.01 Å². The molecular formula is C16H20N6OS. The van der Waals surface area contributed by atoms with E-state index in [1.54, 1.807) is 6.20 Å². The maximum absolute atomic E-state index is 12.3. The number of piperidine rings is 1. The first kappa shape index (κ1) is 15.5. The largest absolute Gasteiger partial charge is 0.333 e. The van der Waals surface area contributed by atoms with Crippen molar-refractivity contribution < 1.29 is 4.79 Å². The van der Waals surface area contributed by atoms with Crippen LogP contribution in [0.1, 0.15) is 25.7 Å². The lowest BCUT2D eigenvalue weighted by Crippen LogP contribution is -2.47. The van der Waals surface area contributed by atoms with E-state index in [2.05, 4.69) is 30.7 Å². The molecule has 0 saturated carbocycles. The molecule has 2 amide bonds.